The van der Waals surface area contributed by atoms with Crippen LogP contribution >= 0.6 is 11.3 Å². The highest BCUT2D eigenvalue weighted by Gasteiger charge is 2.23. The van der Waals surface area contributed by atoms with E-state index in [1.165, 1.54) is 58.4 Å². The summed E-state index contributed by atoms with van der Waals surface area (Å²) in [7, 11) is 0. The van der Waals surface area contributed by atoms with Gasteiger partial charge in [-0.2, -0.15) is 0 Å². The van der Waals surface area contributed by atoms with Crippen LogP contribution in [0.1, 0.15) is 0 Å². The summed E-state index contributed by atoms with van der Waals surface area (Å²) < 4.78 is 16.0. The summed E-state index contributed by atoms with van der Waals surface area (Å²) in [5.74, 6) is 0.844. The third kappa shape index (κ3) is 3.88. The van der Waals surface area contributed by atoms with Crippen molar-refractivity contribution in [2.24, 2.45) is 0 Å². The molecule has 3 heteroatoms. The Labute approximate surface area is 285 Å². The number of thiophene rings is 1. The lowest BCUT2D eigenvalue weighted by Gasteiger charge is -2.18. The van der Waals surface area contributed by atoms with Gasteiger partial charge in [-0.25, -0.2) is 0 Å². The van der Waals surface area contributed by atoms with Gasteiger partial charge in [-0.3, -0.25) is 0 Å². The average Bonchev–Trinajstić information content (AvgIpc) is 3.87. The van der Waals surface area contributed by atoms with Crippen LogP contribution in [-0.4, -0.2) is 0 Å². The summed E-state index contributed by atoms with van der Waals surface area (Å²) in [6, 6.07) is 56.5. The lowest BCUT2D eigenvalue weighted by Crippen LogP contribution is -1.91. The first-order valence-electron chi connectivity index (χ1n) is 16.6. The maximum atomic E-state index is 6.82. The van der Waals surface area contributed by atoms with Gasteiger partial charge in [0.05, 0.1) is 5.39 Å². The van der Waals surface area contributed by atoms with Gasteiger partial charge in [0.2, 0.25) is 0 Å². The molecule has 2 nitrogen and oxygen atoms in total. The molecule has 11 aromatic rings. The first-order valence-corrected chi connectivity index (χ1v) is 17.4. The Bertz CT molecular complexity index is 3050. The number of rotatable bonds is 3. The third-order valence-corrected chi connectivity index (χ3v) is 11.2. The van der Waals surface area contributed by atoms with E-state index in [0.29, 0.717) is 0 Å². The molecular formula is C46H26O2S. The Hall–Kier alpha value is -6.16. The van der Waals surface area contributed by atoms with Gasteiger partial charge in [0.1, 0.15) is 22.5 Å². The predicted molar refractivity (Wildman–Crippen MR) is 208 cm³/mol. The first kappa shape index (κ1) is 26.9. The second kappa shape index (κ2) is 10.2. The summed E-state index contributed by atoms with van der Waals surface area (Å²) in [4.78, 5) is 0. The Morgan fingerprint density at radius 1 is 0.367 bits per heavy atom. The van der Waals surface area contributed by atoms with Crippen molar-refractivity contribution in [3.05, 3.63) is 158 Å². The molecule has 0 bridgehead atoms. The molecule has 0 spiro atoms. The van der Waals surface area contributed by atoms with Crippen LogP contribution in [0.25, 0.3) is 108 Å². The van der Waals surface area contributed by atoms with Crippen LogP contribution in [0.4, 0.5) is 0 Å². The van der Waals surface area contributed by atoms with Crippen LogP contribution in [-0.2, 0) is 0 Å². The molecular weight excluding hydrogens is 617 g/mol. The first-order chi connectivity index (χ1) is 24.3. The van der Waals surface area contributed by atoms with Crippen molar-refractivity contribution in [3.63, 3.8) is 0 Å². The number of furan rings is 2. The van der Waals surface area contributed by atoms with Crippen molar-refractivity contribution in [2.75, 3.05) is 0 Å². The van der Waals surface area contributed by atoms with E-state index in [-0.39, 0.29) is 0 Å². The zero-order chi connectivity index (χ0) is 32.1. The quantitative estimate of drug-likeness (QED) is 0.179. The van der Waals surface area contributed by atoms with Crippen molar-refractivity contribution in [2.45, 2.75) is 0 Å². The van der Waals surface area contributed by atoms with Crippen molar-refractivity contribution < 1.29 is 8.83 Å². The van der Waals surface area contributed by atoms with Crippen LogP contribution in [0.5, 0.6) is 0 Å². The molecule has 3 aromatic heterocycles. The Morgan fingerprint density at radius 2 is 0.980 bits per heavy atom. The Kier molecular flexibility index (Phi) is 5.57. The van der Waals surface area contributed by atoms with Gasteiger partial charge in [-0.1, -0.05) is 121 Å². The van der Waals surface area contributed by atoms with Gasteiger partial charge >= 0.3 is 0 Å². The summed E-state index contributed by atoms with van der Waals surface area (Å²) in [6.07, 6.45) is 0. The summed E-state index contributed by atoms with van der Waals surface area (Å²) in [5.41, 5.74) is 8.35. The highest BCUT2D eigenvalue weighted by Crippen LogP contribution is 2.49. The Morgan fingerprint density at radius 3 is 1.73 bits per heavy atom. The molecule has 0 aliphatic carbocycles. The van der Waals surface area contributed by atoms with E-state index in [9.17, 15) is 0 Å². The van der Waals surface area contributed by atoms with E-state index in [1.807, 2.05) is 29.5 Å². The van der Waals surface area contributed by atoms with Crippen molar-refractivity contribution in [3.8, 4) is 33.6 Å². The molecule has 0 radical (unpaired) electrons. The van der Waals surface area contributed by atoms with Crippen LogP contribution in [0.2, 0.25) is 0 Å². The van der Waals surface area contributed by atoms with E-state index >= 15 is 0 Å². The highest BCUT2D eigenvalue weighted by molar-refractivity contribution is 7.25. The fourth-order valence-electron chi connectivity index (χ4n) is 7.95. The van der Waals surface area contributed by atoms with Gasteiger partial charge < -0.3 is 8.83 Å². The lowest BCUT2D eigenvalue weighted by atomic mass is 9.84. The summed E-state index contributed by atoms with van der Waals surface area (Å²) in [6.45, 7) is 0. The highest BCUT2D eigenvalue weighted by atomic mass is 32.1. The van der Waals surface area contributed by atoms with Gasteiger partial charge in [-0.05, 0) is 80.2 Å². The van der Waals surface area contributed by atoms with E-state index in [4.69, 9.17) is 8.83 Å². The maximum Gasteiger partial charge on any atom is 0.147 e. The van der Waals surface area contributed by atoms with Gasteiger partial charge in [0, 0.05) is 36.5 Å². The molecule has 3 heterocycles. The minimum absolute atomic E-state index is 0.824. The standard InChI is InChI=1S/C46H26O2S/c1-2-12-27(13-3-1)39-26-37-36(25-40-45(46(37)48-39)34-19-8-10-20-38(34)47-40)44-32-17-6-4-15-30(32)43(31-16-5-7-18-33(31)44)28-22-23-42-35(24-28)29-14-9-11-21-41(29)49-42/h1-26H. The molecule has 49 heavy (non-hydrogen) atoms. The Balaban J connectivity index is 1.27. The monoisotopic (exact) mass is 642 g/mol. The molecule has 228 valence electrons. The number of para-hydroxylation sites is 1. The zero-order valence-corrected chi connectivity index (χ0v) is 27.1. The fourth-order valence-corrected chi connectivity index (χ4v) is 9.03. The van der Waals surface area contributed by atoms with E-state index < -0.39 is 0 Å². The third-order valence-electron chi connectivity index (χ3n) is 10.1. The molecule has 0 aliphatic heterocycles. The topological polar surface area (TPSA) is 26.3 Å². The number of hydrogen-bond donors (Lipinski definition) is 0. The molecule has 0 atom stereocenters. The smallest absolute Gasteiger partial charge is 0.147 e. The van der Waals surface area contributed by atoms with Crippen LogP contribution in [0.15, 0.2) is 167 Å². The zero-order valence-electron chi connectivity index (χ0n) is 26.2. The van der Waals surface area contributed by atoms with E-state index in [0.717, 1.165) is 49.8 Å². The maximum absolute atomic E-state index is 6.82. The van der Waals surface area contributed by atoms with E-state index in [2.05, 4.69) is 140 Å². The molecule has 8 aromatic carbocycles. The van der Waals surface area contributed by atoms with Crippen LogP contribution in [0.3, 0.4) is 0 Å². The van der Waals surface area contributed by atoms with Crippen molar-refractivity contribution in [1.82, 2.24) is 0 Å². The molecule has 0 saturated heterocycles. The lowest BCUT2D eigenvalue weighted by molar-refractivity contribution is 0.633. The largest absolute Gasteiger partial charge is 0.456 e. The van der Waals surface area contributed by atoms with Gasteiger partial charge in [0.25, 0.3) is 0 Å². The second-order valence-electron chi connectivity index (χ2n) is 12.8. The minimum atomic E-state index is 0.824. The molecule has 0 aliphatic rings. The predicted octanol–water partition coefficient (Wildman–Crippen LogP) is 14.0. The number of benzene rings is 8. The number of fused-ring (bicyclic) bond motifs is 10. The molecule has 11 rings (SSSR count). The molecule has 0 saturated carbocycles. The van der Waals surface area contributed by atoms with Crippen molar-refractivity contribution in [1.29, 1.82) is 0 Å². The summed E-state index contributed by atoms with van der Waals surface area (Å²) in [5, 5.41) is 10.6. The normalized spacial score (nSPS) is 12.1. The van der Waals surface area contributed by atoms with Crippen molar-refractivity contribution >= 4 is 86.0 Å². The molecule has 0 fully saturated rings. The average molecular weight is 643 g/mol. The van der Waals surface area contributed by atoms with Gasteiger partial charge in [-0.15, -0.1) is 11.3 Å². The second-order valence-corrected chi connectivity index (χ2v) is 13.8. The summed E-state index contributed by atoms with van der Waals surface area (Å²) >= 11 is 1.86. The van der Waals surface area contributed by atoms with Crippen LogP contribution in [0, 0.1) is 0 Å². The SMILES string of the molecule is c1ccc(-c2cc3c(-c4c5ccccc5c(-c5ccc6sc7ccccc7c6c5)c5ccccc45)cc4oc5ccccc5c4c3o2)cc1. The van der Waals surface area contributed by atoms with Gasteiger partial charge in [0.15, 0.2) is 0 Å². The molecule has 0 amide bonds. The molecule has 0 unspecified atom stereocenters. The van der Waals surface area contributed by atoms with Crippen LogP contribution < -0.4 is 0 Å². The number of hydrogen-bond acceptors (Lipinski definition) is 3. The molecule has 0 N–H and O–H groups in total. The van der Waals surface area contributed by atoms with E-state index in [1.54, 1.807) is 0 Å². The fraction of sp³-hybridized carbons (Fsp3) is 0. The minimum Gasteiger partial charge on any atom is -0.456 e.